The summed E-state index contributed by atoms with van der Waals surface area (Å²) in [5.41, 5.74) is 2.14. The Morgan fingerprint density at radius 2 is 1.71 bits per heavy atom. The summed E-state index contributed by atoms with van der Waals surface area (Å²) in [7, 11) is 0. The zero-order valence-corrected chi connectivity index (χ0v) is 14.2. The lowest BCUT2D eigenvalue weighted by Crippen LogP contribution is -2.32. The Hall–Kier alpha value is -2.36. The molecule has 1 fully saturated rings. The third-order valence-corrected chi connectivity index (χ3v) is 4.47. The van der Waals surface area contributed by atoms with E-state index in [-0.39, 0.29) is 5.91 Å². The molecule has 0 unspecified atom stereocenters. The average Bonchev–Trinajstić information content (AvgIpc) is 3.15. The number of nitrogens with one attached hydrogen (secondary N) is 1. The summed E-state index contributed by atoms with van der Waals surface area (Å²) < 4.78 is 2.15. The van der Waals surface area contributed by atoms with E-state index < -0.39 is 0 Å². The van der Waals surface area contributed by atoms with Gasteiger partial charge < -0.3 is 10.2 Å². The van der Waals surface area contributed by atoms with E-state index in [1.807, 2.05) is 30.3 Å². The molecule has 0 bridgehead atoms. The highest BCUT2D eigenvalue weighted by Gasteiger charge is 2.12. The third kappa shape index (κ3) is 4.82. The Bertz CT molecular complexity index is 634. The van der Waals surface area contributed by atoms with Gasteiger partial charge in [-0.05, 0) is 43.5 Å². The summed E-state index contributed by atoms with van der Waals surface area (Å²) in [6.45, 7) is 3.24. The SMILES string of the molecule is O=C(CCCC[n+]1ccccc1)Nc1ccc(N2CCCC2)cc1. The number of pyridine rings is 1. The first-order valence-corrected chi connectivity index (χ1v) is 8.90. The van der Waals surface area contributed by atoms with E-state index in [9.17, 15) is 4.79 Å². The smallest absolute Gasteiger partial charge is 0.224 e. The number of carbonyl (C=O) groups is 1. The summed E-state index contributed by atoms with van der Waals surface area (Å²) in [5, 5.41) is 2.99. The van der Waals surface area contributed by atoms with Gasteiger partial charge in [-0.2, -0.15) is 0 Å². The van der Waals surface area contributed by atoms with Crippen molar-refractivity contribution in [3.05, 3.63) is 54.9 Å². The Balaban J connectivity index is 1.38. The van der Waals surface area contributed by atoms with Crippen LogP contribution in [-0.4, -0.2) is 19.0 Å². The molecule has 4 heteroatoms. The summed E-state index contributed by atoms with van der Waals surface area (Å²) in [6.07, 6.45) is 9.15. The standard InChI is InChI=1S/C20H25N3O/c24-20(8-2-5-15-22-13-3-1-4-14-22)21-18-9-11-19(12-10-18)23-16-6-7-17-23/h1,3-4,9-14H,2,5-8,15-17H2/p+1. The van der Waals surface area contributed by atoms with Gasteiger partial charge in [-0.3, -0.25) is 4.79 Å². The first-order valence-electron chi connectivity index (χ1n) is 8.90. The molecule has 1 aromatic carbocycles. The second-order valence-corrected chi connectivity index (χ2v) is 6.36. The molecule has 0 atom stereocenters. The summed E-state index contributed by atoms with van der Waals surface area (Å²) >= 11 is 0. The van der Waals surface area contributed by atoms with Gasteiger partial charge in [-0.25, -0.2) is 4.57 Å². The topological polar surface area (TPSA) is 36.2 Å². The van der Waals surface area contributed by atoms with Crippen molar-refractivity contribution in [1.29, 1.82) is 0 Å². The van der Waals surface area contributed by atoms with Crippen molar-refractivity contribution in [2.45, 2.75) is 38.6 Å². The van der Waals surface area contributed by atoms with Crippen molar-refractivity contribution in [3.63, 3.8) is 0 Å². The molecular weight excluding hydrogens is 298 g/mol. The van der Waals surface area contributed by atoms with Gasteiger partial charge in [-0.1, -0.05) is 6.07 Å². The van der Waals surface area contributed by atoms with E-state index in [1.54, 1.807) is 0 Å². The predicted molar refractivity (Wildman–Crippen MR) is 97.0 cm³/mol. The van der Waals surface area contributed by atoms with E-state index in [1.165, 1.54) is 18.5 Å². The lowest BCUT2D eigenvalue weighted by Gasteiger charge is -2.17. The molecule has 2 aromatic rings. The van der Waals surface area contributed by atoms with Crippen molar-refractivity contribution in [1.82, 2.24) is 0 Å². The minimum atomic E-state index is 0.0991. The van der Waals surface area contributed by atoms with Crippen LogP contribution in [0.5, 0.6) is 0 Å². The van der Waals surface area contributed by atoms with Crippen LogP contribution in [0.3, 0.4) is 0 Å². The number of amides is 1. The molecule has 24 heavy (non-hydrogen) atoms. The van der Waals surface area contributed by atoms with Crippen LogP contribution in [0.15, 0.2) is 54.9 Å². The quantitative estimate of drug-likeness (QED) is 0.626. The Morgan fingerprint density at radius 1 is 1.00 bits per heavy atom. The Labute approximate surface area is 144 Å². The molecule has 3 rings (SSSR count). The number of hydrogen-bond donors (Lipinski definition) is 1. The van der Waals surface area contributed by atoms with E-state index in [4.69, 9.17) is 0 Å². The van der Waals surface area contributed by atoms with Gasteiger partial charge in [0.15, 0.2) is 12.4 Å². The minimum absolute atomic E-state index is 0.0991. The Morgan fingerprint density at radius 3 is 2.42 bits per heavy atom. The molecule has 1 aliphatic rings. The van der Waals surface area contributed by atoms with Crippen LogP contribution in [-0.2, 0) is 11.3 Å². The fourth-order valence-electron chi connectivity index (χ4n) is 3.12. The van der Waals surface area contributed by atoms with Crippen molar-refractivity contribution >= 4 is 17.3 Å². The Kier molecular flexibility index (Phi) is 5.83. The molecule has 2 heterocycles. The van der Waals surface area contributed by atoms with E-state index in [0.29, 0.717) is 6.42 Å². The van der Waals surface area contributed by atoms with Gasteiger partial charge in [0.2, 0.25) is 5.91 Å². The molecule has 0 radical (unpaired) electrons. The highest BCUT2D eigenvalue weighted by atomic mass is 16.1. The maximum Gasteiger partial charge on any atom is 0.224 e. The van der Waals surface area contributed by atoms with Crippen molar-refractivity contribution in [2.24, 2.45) is 0 Å². The number of nitrogens with zero attached hydrogens (tertiary/aromatic N) is 2. The fourth-order valence-corrected chi connectivity index (χ4v) is 3.12. The van der Waals surface area contributed by atoms with Gasteiger partial charge in [0.1, 0.15) is 6.54 Å². The molecule has 1 N–H and O–H groups in total. The summed E-state index contributed by atoms with van der Waals surface area (Å²) in [4.78, 5) is 14.4. The molecule has 0 spiro atoms. The van der Waals surface area contributed by atoms with Crippen LogP contribution in [0.25, 0.3) is 0 Å². The van der Waals surface area contributed by atoms with E-state index >= 15 is 0 Å². The van der Waals surface area contributed by atoms with Gasteiger partial charge in [0, 0.05) is 49.4 Å². The van der Waals surface area contributed by atoms with Crippen LogP contribution >= 0.6 is 0 Å². The van der Waals surface area contributed by atoms with Gasteiger partial charge >= 0.3 is 0 Å². The monoisotopic (exact) mass is 324 g/mol. The van der Waals surface area contributed by atoms with Gasteiger partial charge in [-0.15, -0.1) is 0 Å². The first kappa shape index (κ1) is 16.5. The summed E-state index contributed by atoms with van der Waals surface area (Å²) in [5.74, 6) is 0.0991. The highest BCUT2D eigenvalue weighted by Crippen LogP contribution is 2.22. The number of hydrogen-bond acceptors (Lipinski definition) is 2. The molecule has 4 nitrogen and oxygen atoms in total. The second kappa shape index (κ2) is 8.48. The number of unbranched alkanes of at least 4 members (excludes halogenated alkanes) is 1. The van der Waals surface area contributed by atoms with Crippen LogP contribution in [0.4, 0.5) is 11.4 Å². The first-order chi connectivity index (χ1) is 11.8. The van der Waals surface area contributed by atoms with Crippen molar-refractivity contribution in [2.75, 3.05) is 23.3 Å². The zero-order valence-electron chi connectivity index (χ0n) is 14.2. The summed E-state index contributed by atoms with van der Waals surface area (Å²) in [6, 6.07) is 14.3. The largest absolute Gasteiger partial charge is 0.372 e. The van der Waals surface area contributed by atoms with Gasteiger partial charge in [0.05, 0.1) is 0 Å². The predicted octanol–water partition coefficient (Wildman–Crippen LogP) is 3.38. The lowest BCUT2D eigenvalue weighted by atomic mass is 10.2. The molecule has 126 valence electrons. The number of benzene rings is 1. The molecule has 0 aliphatic carbocycles. The molecule has 1 amide bonds. The van der Waals surface area contributed by atoms with Crippen molar-refractivity contribution in [3.8, 4) is 0 Å². The molecule has 1 aliphatic heterocycles. The maximum absolute atomic E-state index is 12.0. The number of aromatic nitrogens is 1. The second-order valence-electron chi connectivity index (χ2n) is 6.36. The van der Waals surface area contributed by atoms with Crippen LogP contribution in [0, 0.1) is 0 Å². The van der Waals surface area contributed by atoms with Crippen LogP contribution in [0.1, 0.15) is 32.1 Å². The van der Waals surface area contributed by atoms with Gasteiger partial charge in [0.25, 0.3) is 0 Å². The molecule has 0 saturated carbocycles. The third-order valence-electron chi connectivity index (χ3n) is 4.47. The maximum atomic E-state index is 12.0. The normalized spacial score (nSPS) is 13.9. The highest BCUT2D eigenvalue weighted by molar-refractivity contribution is 5.90. The molecular formula is C20H26N3O+. The average molecular weight is 324 g/mol. The number of carbonyl (C=O) groups excluding carboxylic acids is 1. The lowest BCUT2D eigenvalue weighted by molar-refractivity contribution is -0.697. The molecule has 1 aromatic heterocycles. The zero-order chi connectivity index (χ0) is 16.6. The van der Waals surface area contributed by atoms with E-state index in [2.05, 4.69) is 39.3 Å². The van der Waals surface area contributed by atoms with Crippen molar-refractivity contribution < 1.29 is 9.36 Å². The van der Waals surface area contributed by atoms with E-state index in [0.717, 1.165) is 38.2 Å². The van der Waals surface area contributed by atoms with Crippen LogP contribution < -0.4 is 14.8 Å². The number of anilines is 2. The number of aryl methyl sites for hydroxylation is 1. The minimum Gasteiger partial charge on any atom is -0.372 e. The molecule has 1 saturated heterocycles. The number of rotatable bonds is 7. The van der Waals surface area contributed by atoms with Crippen LogP contribution in [0.2, 0.25) is 0 Å². The fraction of sp³-hybridized carbons (Fsp3) is 0.400.